The van der Waals surface area contributed by atoms with Crippen molar-refractivity contribution in [3.05, 3.63) is 48.6 Å². The summed E-state index contributed by atoms with van der Waals surface area (Å²) in [6.07, 6.45) is 31.6. The van der Waals surface area contributed by atoms with Crippen LogP contribution in [0.2, 0.25) is 23.2 Å². The van der Waals surface area contributed by atoms with Crippen molar-refractivity contribution in [2.75, 3.05) is 0 Å². The Morgan fingerprint density at radius 2 is 1.16 bits per heavy atom. The maximum Gasteiger partial charge on any atom is 0.0610 e. The summed E-state index contributed by atoms with van der Waals surface area (Å²) in [5.41, 5.74) is 2.03. The Kier molecular flexibility index (Phi) is 7.84. The van der Waals surface area contributed by atoms with Crippen LogP contribution < -0.4 is 0 Å². The Bertz CT molecular complexity index is 689. The number of fused-ring (bicyclic) bond motifs is 2. The first kappa shape index (κ1) is 23.3. The highest BCUT2D eigenvalue weighted by atomic mass is 28.3. The first-order chi connectivity index (χ1) is 15.2. The van der Waals surface area contributed by atoms with Gasteiger partial charge in [0, 0.05) is 0 Å². The van der Waals surface area contributed by atoms with Gasteiger partial charge in [-0.2, -0.15) is 0 Å². The van der Waals surface area contributed by atoms with Gasteiger partial charge in [-0.05, 0) is 59.4 Å². The summed E-state index contributed by atoms with van der Waals surface area (Å²) in [6, 6.07) is 3.21. The molecule has 4 aliphatic carbocycles. The van der Waals surface area contributed by atoms with Crippen LogP contribution in [0.3, 0.4) is 0 Å². The standard InChI is InChI=1S/C30H48Si/c1-5-8-19-31(20-9-6-2,29-21-23(4)25-15-10-12-17-27(25)29)30-22-24(14-7-3)26-16-11-13-18-28(26)30/h10-13,15-18,23-30H,5-9,14,19-22H2,1-4H3. The molecule has 0 aromatic rings. The Morgan fingerprint density at radius 3 is 1.74 bits per heavy atom. The molecule has 8 atom stereocenters. The molecule has 4 rings (SSSR count). The van der Waals surface area contributed by atoms with E-state index in [1.165, 1.54) is 44.9 Å². The van der Waals surface area contributed by atoms with E-state index in [1.54, 1.807) is 18.5 Å². The van der Waals surface area contributed by atoms with Crippen molar-refractivity contribution in [3.8, 4) is 0 Å². The molecule has 0 N–H and O–H groups in total. The lowest BCUT2D eigenvalue weighted by Gasteiger charge is -2.48. The molecule has 0 spiro atoms. The summed E-state index contributed by atoms with van der Waals surface area (Å²) < 4.78 is 0. The zero-order valence-corrected chi connectivity index (χ0v) is 21.8. The van der Waals surface area contributed by atoms with Gasteiger partial charge in [-0.3, -0.25) is 0 Å². The molecule has 0 radical (unpaired) electrons. The summed E-state index contributed by atoms with van der Waals surface area (Å²) in [6.45, 7) is 9.85. The summed E-state index contributed by atoms with van der Waals surface area (Å²) in [5.74, 6) is 5.15. The van der Waals surface area contributed by atoms with E-state index in [4.69, 9.17) is 0 Å². The van der Waals surface area contributed by atoms with E-state index in [0.29, 0.717) is 0 Å². The van der Waals surface area contributed by atoms with E-state index in [1.807, 2.05) is 0 Å². The third-order valence-corrected chi connectivity index (χ3v) is 16.6. The van der Waals surface area contributed by atoms with Crippen molar-refractivity contribution >= 4 is 8.07 Å². The van der Waals surface area contributed by atoms with Crippen LogP contribution in [-0.2, 0) is 0 Å². The normalized spacial score (nSPS) is 38.6. The van der Waals surface area contributed by atoms with Gasteiger partial charge in [0.25, 0.3) is 0 Å². The Labute approximate surface area is 194 Å². The summed E-state index contributed by atoms with van der Waals surface area (Å²) in [7, 11) is -1.47. The van der Waals surface area contributed by atoms with Gasteiger partial charge >= 0.3 is 0 Å². The predicted molar refractivity (Wildman–Crippen MR) is 140 cm³/mol. The third-order valence-electron chi connectivity index (χ3n) is 9.89. The second-order valence-corrected chi connectivity index (χ2v) is 16.4. The monoisotopic (exact) mass is 436 g/mol. The molecule has 0 bridgehead atoms. The minimum atomic E-state index is -1.47. The van der Waals surface area contributed by atoms with Crippen LogP contribution in [-0.4, -0.2) is 8.07 Å². The van der Waals surface area contributed by atoms with Crippen molar-refractivity contribution in [2.45, 2.75) is 102 Å². The zero-order valence-electron chi connectivity index (χ0n) is 20.8. The van der Waals surface area contributed by atoms with Gasteiger partial charge in [-0.15, -0.1) is 0 Å². The molecule has 0 aromatic carbocycles. The van der Waals surface area contributed by atoms with Crippen LogP contribution in [0.25, 0.3) is 0 Å². The van der Waals surface area contributed by atoms with E-state index in [2.05, 4.69) is 76.3 Å². The minimum Gasteiger partial charge on any atom is -0.0808 e. The molecule has 0 saturated heterocycles. The highest BCUT2D eigenvalue weighted by Gasteiger charge is 2.58. The highest BCUT2D eigenvalue weighted by Crippen LogP contribution is 2.64. The predicted octanol–water partition coefficient (Wildman–Crippen LogP) is 9.35. The number of hydrogen-bond acceptors (Lipinski definition) is 0. The van der Waals surface area contributed by atoms with Gasteiger partial charge < -0.3 is 0 Å². The fraction of sp³-hybridized carbons (Fsp3) is 0.733. The molecular formula is C30H48Si. The SMILES string of the molecule is CCCC[Si](CCCC)(C1CC(C)C2C=CC=CC21)C1CC(CCC)C2C=CC=CC21. The Balaban J connectivity index is 1.74. The molecule has 31 heavy (non-hydrogen) atoms. The summed E-state index contributed by atoms with van der Waals surface area (Å²) in [5, 5.41) is 0. The summed E-state index contributed by atoms with van der Waals surface area (Å²) >= 11 is 0. The Hall–Kier alpha value is -0.823. The molecule has 0 nitrogen and oxygen atoms in total. The molecule has 1 heteroatoms. The highest BCUT2D eigenvalue weighted by molar-refractivity contribution is 6.83. The van der Waals surface area contributed by atoms with Crippen LogP contribution in [0.5, 0.6) is 0 Å². The fourth-order valence-electron chi connectivity index (χ4n) is 8.55. The average Bonchev–Trinajstić information content (AvgIpc) is 3.34. The lowest BCUT2D eigenvalue weighted by molar-refractivity contribution is 0.390. The van der Waals surface area contributed by atoms with Crippen molar-refractivity contribution in [1.29, 1.82) is 0 Å². The molecule has 0 aromatic heterocycles. The van der Waals surface area contributed by atoms with Gasteiger partial charge in [0.15, 0.2) is 0 Å². The number of rotatable bonds is 10. The molecule has 172 valence electrons. The quantitative estimate of drug-likeness (QED) is 0.299. The van der Waals surface area contributed by atoms with Crippen LogP contribution in [0.1, 0.15) is 79.1 Å². The zero-order chi connectivity index (χ0) is 21.8. The first-order valence-corrected chi connectivity index (χ1v) is 16.4. The smallest absolute Gasteiger partial charge is 0.0610 e. The first-order valence-electron chi connectivity index (χ1n) is 13.9. The average molecular weight is 437 g/mol. The molecular weight excluding hydrogens is 388 g/mol. The summed E-state index contributed by atoms with van der Waals surface area (Å²) in [4.78, 5) is 0. The molecule has 0 amide bonds. The second kappa shape index (κ2) is 10.4. The van der Waals surface area contributed by atoms with E-state index in [9.17, 15) is 0 Å². The third kappa shape index (κ3) is 4.38. The molecule has 4 aliphatic rings. The maximum atomic E-state index is 2.68. The van der Waals surface area contributed by atoms with E-state index in [0.717, 1.165) is 46.6 Å². The lowest BCUT2D eigenvalue weighted by atomic mass is 9.84. The van der Waals surface area contributed by atoms with Crippen LogP contribution in [0.4, 0.5) is 0 Å². The molecule has 8 unspecified atom stereocenters. The molecule has 0 heterocycles. The van der Waals surface area contributed by atoms with E-state index < -0.39 is 8.07 Å². The van der Waals surface area contributed by atoms with Crippen LogP contribution in [0, 0.1) is 35.5 Å². The van der Waals surface area contributed by atoms with Crippen molar-refractivity contribution in [2.24, 2.45) is 35.5 Å². The van der Waals surface area contributed by atoms with Crippen LogP contribution >= 0.6 is 0 Å². The van der Waals surface area contributed by atoms with Gasteiger partial charge in [0.2, 0.25) is 0 Å². The molecule has 0 aliphatic heterocycles. The van der Waals surface area contributed by atoms with E-state index >= 15 is 0 Å². The molecule has 2 saturated carbocycles. The van der Waals surface area contributed by atoms with Crippen molar-refractivity contribution in [1.82, 2.24) is 0 Å². The molecule has 2 fully saturated rings. The fourth-order valence-corrected chi connectivity index (χ4v) is 16.7. The number of unbranched alkanes of at least 4 members (excludes halogenated alkanes) is 2. The number of hydrogen-bond donors (Lipinski definition) is 0. The number of allylic oxidation sites excluding steroid dienone is 8. The maximum absolute atomic E-state index is 2.68. The van der Waals surface area contributed by atoms with Crippen molar-refractivity contribution in [3.63, 3.8) is 0 Å². The van der Waals surface area contributed by atoms with Gasteiger partial charge in [-0.25, -0.2) is 0 Å². The topological polar surface area (TPSA) is 0 Å². The van der Waals surface area contributed by atoms with Gasteiger partial charge in [0.05, 0.1) is 8.07 Å². The van der Waals surface area contributed by atoms with E-state index in [-0.39, 0.29) is 0 Å². The Morgan fingerprint density at radius 1 is 0.645 bits per heavy atom. The van der Waals surface area contributed by atoms with Crippen molar-refractivity contribution < 1.29 is 0 Å². The lowest BCUT2D eigenvalue weighted by Crippen LogP contribution is -2.48. The second-order valence-electron chi connectivity index (χ2n) is 11.5. The van der Waals surface area contributed by atoms with Gasteiger partial charge in [-0.1, -0.05) is 127 Å². The largest absolute Gasteiger partial charge is 0.0808 e. The van der Waals surface area contributed by atoms with Gasteiger partial charge in [0.1, 0.15) is 0 Å². The van der Waals surface area contributed by atoms with Crippen LogP contribution in [0.15, 0.2) is 48.6 Å². The minimum absolute atomic E-state index is 0.815.